The third kappa shape index (κ3) is 3.68. The highest BCUT2D eigenvalue weighted by molar-refractivity contribution is 6.34. The third-order valence-electron chi connectivity index (χ3n) is 2.43. The number of amides is 1. The second kappa shape index (κ2) is 5.67. The summed E-state index contributed by atoms with van der Waals surface area (Å²) in [6.45, 7) is 5.58. The SMILES string of the molecule is CCN(CC(C)(C)O)C(=O)c1cccc(F)c1Cl. The summed E-state index contributed by atoms with van der Waals surface area (Å²) in [4.78, 5) is 13.6. The normalized spacial score (nSPS) is 11.4. The van der Waals surface area contributed by atoms with Gasteiger partial charge in [-0.15, -0.1) is 0 Å². The average Bonchev–Trinajstić information content (AvgIpc) is 2.27. The molecule has 1 aromatic rings. The first kappa shape index (κ1) is 14.9. The van der Waals surface area contributed by atoms with Gasteiger partial charge in [0.05, 0.1) is 16.2 Å². The second-order valence-corrected chi connectivity index (χ2v) is 5.11. The van der Waals surface area contributed by atoms with Gasteiger partial charge >= 0.3 is 0 Å². The van der Waals surface area contributed by atoms with Crippen molar-refractivity contribution in [3.63, 3.8) is 0 Å². The van der Waals surface area contributed by atoms with Crippen LogP contribution in [-0.4, -0.2) is 34.6 Å². The van der Waals surface area contributed by atoms with E-state index in [2.05, 4.69) is 0 Å². The van der Waals surface area contributed by atoms with Crippen LogP contribution in [0.1, 0.15) is 31.1 Å². The summed E-state index contributed by atoms with van der Waals surface area (Å²) >= 11 is 5.78. The lowest BCUT2D eigenvalue weighted by Crippen LogP contribution is -2.42. The number of likely N-dealkylation sites (N-methyl/N-ethyl adjacent to an activating group) is 1. The molecule has 1 aromatic carbocycles. The molecule has 0 spiro atoms. The highest BCUT2D eigenvalue weighted by Crippen LogP contribution is 2.21. The maximum atomic E-state index is 13.3. The molecule has 0 radical (unpaired) electrons. The number of benzene rings is 1. The Labute approximate surface area is 111 Å². The van der Waals surface area contributed by atoms with Gasteiger partial charge in [-0.1, -0.05) is 17.7 Å². The quantitative estimate of drug-likeness (QED) is 0.916. The smallest absolute Gasteiger partial charge is 0.255 e. The number of carbonyl (C=O) groups excluding carboxylic acids is 1. The summed E-state index contributed by atoms with van der Waals surface area (Å²) < 4.78 is 13.3. The molecule has 0 heterocycles. The molecular weight excluding hydrogens is 257 g/mol. The lowest BCUT2D eigenvalue weighted by molar-refractivity contribution is 0.0314. The Morgan fingerprint density at radius 1 is 1.50 bits per heavy atom. The van der Waals surface area contributed by atoms with Crippen molar-refractivity contribution in [3.05, 3.63) is 34.6 Å². The highest BCUT2D eigenvalue weighted by atomic mass is 35.5. The summed E-state index contributed by atoms with van der Waals surface area (Å²) in [5, 5.41) is 9.55. The maximum absolute atomic E-state index is 13.3. The summed E-state index contributed by atoms with van der Waals surface area (Å²) in [5.41, 5.74) is -0.895. The first-order valence-corrected chi connectivity index (χ1v) is 6.09. The first-order valence-electron chi connectivity index (χ1n) is 5.72. The fourth-order valence-electron chi connectivity index (χ4n) is 1.63. The van der Waals surface area contributed by atoms with Crippen LogP contribution in [0.3, 0.4) is 0 Å². The van der Waals surface area contributed by atoms with Crippen molar-refractivity contribution < 1.29 is 14.3 Å². The zero-order valence-electron chi connectivity index (χ0n) is 10.7. The van der Waals surface area contributed by atoms with Gasteiger partial charge in [-0.2, -0.15) is 0 Å². The van der Waals surface area contributed by atoms with Gasteiger partial charge in [0.1, 0.15) is 5.82 Å². The number of halogens is 2. The van der Waals surface area contributed by atoms with Gasteiger partial charge in [-0.25, -0.2) is 4.39 Å². The maximum Gasteiger partial charge on any atom is 0.255 e. The molecule has 0 aliphatic heterocycles. The minimum atomic E-state index is -1.01. The van der Waals surface area contributed by atoms with Gasteiger partial charge in [-0.3, -0.25) is 4.79 Å². The Hall–Kier alpha value is -1.13. The van der Waals surface area contributed by atoms with E-state index in [0.29, 0.717) is 6.54 Å². The van der Waals surface area contributed by atoms with E-state index in [1.165, 1.54) is 23.1 Å². The number of nitrogens with zero attached hydrogens (tertiary/aromatic N) is 1. The summed E-state index contributed by atoms with van der Waals surface area (Å²) in [6.07, 6.45) is 0. The number of hydrogen-bond acceptors (Lipinski definition) is 2. The van der Waals surface area contributed by atoms with Gasteiger partial charge in [0.15, 0.2) is 0 Å². The van der Waals surface area contributed by atoms with Crippen LogP contribution in [0.5, 0.6) is 0 Å². The van der Waals surface area contributed by atoms with E-state index < -0.39 is 11.4 Å². The van der Waals surface area contributed by atoms with Crippen molar-refractivity contribution in [2.75, 3.05) is 13.1 Å². The fourth-order valence-corrected chi connectivity index (χ4v) is 1.84. The van der Waals surface area contributed by atoms with Crippen LogP contribution in [0.4, 0.5) is 4.39 Å². The van der Waals surface area contributed by atoms with E-state index >= 15 is 0 Å². The largest absolute Gasteiger partial charge is 0.389 e. The number of hydrogen-bond donors (Lipinski definition) is 1. The van der Waals surface area contributed by atoms with Crippen LogP contribution in [0.15, 0.2) is 18.2 Å². The van der Waals surface area contributed by atoms with Crippen molar-refractivity contribution in [1.29, 1.82) is 0 Å². The second-order valence-electron chi connectivity index (χ2n) is 4.73. The molecule has 0 saturated carbocycles. The fraction of sp³-hybridized carbons (Fsp3) is 0.462. The molecule has 0 aromatic heterocycles. The van der Waals surface area contributed by atoms with E-state index in [4.69, 9.17) is 11.6 Å². The van der Waals surface area contributed by atoms with E-state index in [9.17, 15) is 14.3 Å². The molecule has 1 rings (SSSR count). The van der Waals surface area contributed by atoms with Crippen LogP contribution in [0.25, 0.3) is 0 Å². The topological polar surface area (TPSA) is 40.5 Å². The predicted molar refractivity (Wildman–Crippen MR) is 69.3 cm³/mol. The van der Waals surface area contributed by atoms with E-state index in [-0.39, 0.29) is 23.0 Å². The van der Waals surface area contributed by atoms with Crippen molar-refractivity contribution >= 4 is 17.5 Å². The Morgan fingerprint density at radius 3 is 2.61 bits per heavy atom. The molecule has 0 aliphatic rings. The molecular formula is C13H17ClFNO2. The van der Waals surface area contributed by atoms with Gasteiger partial charge in [0.25, 0.3) is 5.91 Å². The summed E-state index contributed by atoms with van der Waals surface area (Å²) in [7, 11) is 0. The van der Waals surface area contributed by atoms with Crippen LogP contribution < -0.4 is 0 Å². The molecule has 1 N–H and O–H groups in total. The lowest BCUT2D eigenvalue weighted by atomic mass is 10.1. The molecule has 100 valence electrons. The standard InChI is InChI=1S/C13H17ClFNO2/c1-4-16(8-13(2,3)18)12(17)9-6-5-7-10(15)11(9)14/h5-7,18H,4,8H2,1-3H3. The molecule has 0 bridgehead atoms. The van der Waals surface area contributed by atoms with Gasteiger partial charge in [0, 0.05) is 13.1 Å². The summed E-state index contributed by atoms with van der Waals surface area (Å²) in [6, 6.07) is 4.11. The van der Waals surface area contributed by atoms with Crippen molar-refractivity contribution in [2.24, 2.45) is 0 Å². The van der Waals surface area contributed by atoms with Crippen LogP contribution in [0, 0.1) is 5.82 Å². The zero-order chi connectivity index (χ0) is 13.9. The zero-order valence-corrected chi connectivity index (χ0v) is 11.5. The Balaban J connectivity index is 3.01. The van der Waals surface area contributed by atoms with Crippen molar-refractivity contribution in [2.45, 2.75) is 26.4 Å². The van der Waals surface area contributed by atoms with E-state index in [1.54, 1.807) is 20.8 Å². The molecule has 0 atom stereocenters. The minimum absolute atomic E-state index is 0.114. The monoisotopic (exact) mass is 273 g/mol. The number of rotatable bonds is 4. The van der Waals surface area contributed by atoms with Gasteiger partial charge in [0.2, 0.25) is 0 Å². The first-order chi connectivity index (χ1) is 8.26. The third-order valence-corrected chi connectivity index (χ3v) is 2.81. The molecule has 18 heavy (non-hydrogen) atoms. The van der Waals surface area contributed by atoms with Crippen LogP contribution in [-0.2, 0) is 0 Å². The van der Waals surface area contributed by atoms with Gasteiger partial charge in [-0.05, 0) is 32.9 Å². The molecule has 5 heteroatoms. The summed E-state index contributed by atoms with van der Waals surface area (Å²) in [5.74, 6) is -1.01. The Kier molecular flexibility index (Phi) is 4.71. The highest BCUT2D eigenvalue weighted by Gasteiger charge is 2.24. The van der Waals surface area contributed by atoms with Crippen LogP contribution in [0.2, 0.25) is 5.02 Å². The Morgan fingerprint density at radius 2 is 2.11 bits per heavy atom. The molecule has 0 saturated heterocycles. The average molecular weight is 274 g/mol. The predicted octanol–water partition coefficient (Wildman–Crippen LogP) is 2.71. The molecule has 3 nitrogen and oxygen atoms in total. The molecule has 0 aliphatic carbocycles. The lowest BCUT2D eigenvalue weighted by Gasteiger charge is -2.28. The van der Waals surface area contributed by atoms with Crippen molar-refractivity contribution in [1.82, 2.24) is 4.90 Å². The number of aliphatic hydroxyl groups is 1. The van der Waals surface area contributed by atoms with Crippen LogP contribution >= 0.6 is 11.6 Å². The van der Waals surface area contributed by atoms with Crippen molar-refractivity contribution in [3.8, 4) is 0 Å². The Bertz CT molecular complexity index is 443. The van der Waals surface area contributed by atoms with Gasteiger partial charge < -0.3 is 10.0 Å². The molecule has 0 fully saturated rings. The van der Waals surface area contributed by atoms with E-state index in [1.807, 2.05) is 0 Å². The minimum Gasteiger partial charge on any atom is -0.389 e. The molecule has 0 unspecified atom stereocenters. The molecule has 1 amide bonds. The number of carbonyl (C=O) groups is 1. The van der Waals surface area contributed by atoms with E-state index in [0.717, 1.165) is 0 Å².